The fourth-order valence-electron chi connectivity index (χ4n) is 2.12. The molecule has 0 radical (unpaired) electrons. The van der Waals surface area contributed by atoms with E-state index in [9.17, 15) is 14.9 Å². The van der Waals surface area contributed by atoms with E-state index >= 15 is 0 Å². The summed E-state index contributed by atoms with van der Waals surface area (Å²) in [4.78, 5) is 23.9. The van der Waals surface area contributed by atoms with Gasteiger partial charge in [0.25, 0.3) is 11.6 Å². The minimum Gasteiger partial charge on any atom is -0.496 e. The topological polar surface area (TPSA) is 81.9 Å². The van der Waals surface area contributed by atoms with Gasteiger partial charge in [0.2, 0.25) is 0 Å². The summed E-state index contributed by atoms with van der Waals surface area (Å²) in [5, 5.41) is 10.7. The van der Waals surface area contributed by atoms with Crippen molar-refractivity contribution in [1.29, 1.82) is 0 Å². The first-order valence-corrected chi connectivity index (χ1v) is 7.24. The number of likely N-dealkylation sites (N-methyl/N-ethyl adjacent to an activating group) is 1. The molecular weight excluding hydrogens is 312 g/mol. The van der Waals surface area contributed by atoms with Crippen molar-refractivity contribution >= 4 is 11.6 Å². The van der Waals surface area contributed by atoms with Gasteiger partial charge >= 0.3 is 0 Å². The molecule has 2 aromatic carbocycles. The van der Waals surface area contributed by atoms with Gasteiger partial charge in [-0.05, 0) is 12.1 Å². The average Bonchev–Trinajstić information content (AvgIpc) is 2.60. The number of non-ortho nitro benzene ring substituents is 1. The van der Waals surface area contributed by atoms with Crippen molar-refractivity contribution in [2.24, 2.45) is 0 Å². The third kappa shape index (κ3) is 4.45. The molecule has 24 heavy (non-hydrogen) atoms. The zero-order valence-electron chi connectivity index (χ0n) is 13.5. The number of methoxy groups -OCH3 is 1. The number of nitrogens with zero attached hydrogens (tertiary/aromatic N) is 2. The number of amides is 1. The Morgan fingerprint density at radius 2 is 1.96 bits per heavy atom. The maximum Gasteiger partial charge on any atom is 0.273 e. The molecule has 0 aromatic heterocycles. The molecule has 2 aromatic rings. The summed E-state index contributed by atoms with van der Waals surface area (Å²) < 4.78 is 10.6. The second-order valence-corrected chi connectivity index (χ2v) is 5.10. The van der Waals surface area contributed by atoms with E-state index in [2.05, 4.69) is 0 Å². The molecular formula is C17H18N2O5. The van der Waals surface area contributed by atoms with Gasteiger partial charge < -0.3 is 14.4 Å². The monoisotopic (exact) mass is 330 g/mol. The molecule has 1 amide bonds. The van der Waals surface area contributed by atoms with E-state index in [-0.39, 0.29) is 24.0 Å². The highest BCUT2D eigenvalue weighted by Crippen LogP contribution is 2.20. The molecule has 0 aliphatic carbocycles. The molecule has 0 saturated carbocycles. The van der Waals surface area contributed by atoms with E-state index in [4.69, 9.17) is 9.47 Å². The number of nitro groups is 1. The van der Waals surface area contributed by atoms with Crippen LogP contribution in [0.15, 0.2) is 48.5 Å². The van der Waals surface area contributed by atoms with Crippen LogP contribution in [0.2, 0.25) is 0 Å². The largest absolute Gasteiger partial charge is 0.496 e. The lowest BCUT2D eigenvalue weighted by atomic mass is 10.2. The van der Waals surface area contributed by atoms with Crippen LogP contribution in [-0.4, -0.2) is 36.5 Å². The molecule has 0 atom stereocenters. The first-order valence-electron chi connectivity index (χ1n) is 7.24. The first-order chi connectivity index (χ1) is 11.5. The third-order valence-corrected chi connectivity index (χ3v) is 3.42. The summed E-state index contributed by atoms with van der Waals surface area (Å²) in [6.07, 6.45) is 0. The van der Waals surface area contributed by atoms with Crippen LogP contribution in [0, 0.1) is 10.1 Å². The second-order valence-electron chi connectivity index (χ2n) is 5.10. The Morgan fingerprint density at radius 3 is 2.67 bits per heavy atom. The smallest absolute Gasteiger partial charge is 0.273 e. The lowest BCUT2D eigenvalue weighted by Crippen LogP contribution is -2.31. The number of hydrogen-bond acceptors (Lipinski definition) is 5. The molecule has 0 aliphatic heterocycles. The number of carbonyl (C=O) groups is 1. The molecule has 0 bridgehead atoms. The number of hydrogen-bond donors (Lipinski definition) is 0. The predicted octanol–water partition coefficient (Wildman–Crippen LogP) is 2.64. The standard InChI is InChI=1S/C17H18N2O5/c1-18(11-13-6-3-4-9-16(13)23-2)17(20)12-24-15-8-5-7-14(10-15)19(21)22/h3-10H,11-12H2,1-2H3. The highest BCUT2D eigenvalue weighted by Gasteiger charge is 2.13. The van der Waals surface area contributed by atoms with Gasteiger partial charge in [-0.25, -0.2) is 0 Å². The van der Waals surface area contributed by atoms with E-state index in [1.165, 1.54) is 23.1 Å². The quantitative estimate of drug-likeness (QED) is 0.576. The van der Waals surface area contributed by atoms with Crippen LogP contribution in [-0.2, 0) is 11.3 Å². The van der Waals surface area contributed by atoms with Gasteiger partial charge in [0.15, 0.2) is 6.61 Å². The van der Waals surface area contributed by atoms with E-state index in [1.807, 2.05) is 24.3 Å². The summed E-state index contributed by atoms with van der Waals surface area (Å²) in [6, 6.07) is 13.2. The minimum absolute atomic E-state index is 0.0812. The maximum atomic E-state index is 12.2. The Balaban J connectivity index is 1.94. The summed E-state index contributed by atoms with van der Waals surface area (Å²) in [5.74, 6) is 0.743. The van der Waals surface area contributed by atoms with Crippen LogP contribution < -0.4 is 9.47 Å². The fraction of sp³-hybridized carbons (Fsp3) is 0.235. The molecule has 0 aliphatic rings. The van der Waals surface area contributed by atoms with Crippen molar-refractivity contribution in [2.45, 2.75) is 6.54 Å². The molecule has 7 nitrogen and oxygen atoms in total. The van der Waals surface area contributed by atoms with E-state index in [1.54, 1.807) is 20.2 Å². The Morgan fingerprint density at radius 1 is 1.21 bits per heavy atom. The number of para-hydroxylation sites is 1. The first kappa shape index (κ1) is 17.3. The summed E-state index contributed by atoms with van der Waals surface area (Å²) in [6.45, 7) is 0.175. The van der Waals surface area contributed by atoms with Crippen molar-refractivity contribution in [3.05, 3.63) is 64.2 Å². The maximum absolute atomic E-state index is 12.2. The van der Waals surface area contributed by atoms with Gasteiger partial charge in [0, 0.05) is 25.2 Å². The minimum atomic E-state index is -0.511. The fourth-order valence-corrected chi connectivity index (χ4v) is 2.12. The number of rotatable bonds is 7. The van der Waals surface area contributed by atoms with Crippen molar-refractivity contribution in [3.8, 4) is 11.5 Å². The van der Waals surface area contributed by atoms with Gasteiger partial charge in [0.1, 0.15) is 11.5 Å². The Hall–Kier alpha value is -3.09. The number of nitro benzene ring substituents is 1. The molecule has 0 N–H and O–H groups in total. The van der Waals surface area contributed by atoms with Gasteiger partial charge in [-0.15, -0.1) is 0 Å². The van der Waals surface area contributed by atoms with E-state index < -0.39 is 4.92 Å². The molecule has 7 heteroatoms. The van der Waals surface area contributed by atoms with Gasteiger partial charge in [-0.1, -0.05) is 24.3 Å². The Bertz CT molecular complexity index is 732. The molecule has 0 fully saturated rings. The summed E-state index contributed by atoms with van der Waals surface area (Å²) >= 11 is 0. The predicted molar refractivity (Wildman–Crippen MR) is 88.1 cm³/mol. The molecule has 0 saturated heterocycles. The van der Waals surface area contributed by atoms with Crippen LogP contribution in [0.5, 0.6) is 11.5 Å². The van der Waals surface area contributed by atoms with Gasteiger partial charge in [-0.3, -0.25) is 14.9 Å². The van der Waals surface area contributed by atoms with Crippen LogP contribution in [0.4, 0.5) is 5.69 Å². The van der Waals surface area contributed by atoms with Crippen molar-refractivity contribution in [2.75, 3.05) is 20.8 Å². The number of ether oxygens (including phenoxy) is 2. The van der Waals surface area contributed by atoms with E-state index in [0.29, 0.717) is 12.3 Å². The molecule has 0 heterocycles. The van der Waals surface area contributed by atoms with Crippen molar-refractivity contribution in [1.82, 2.24) is 4.90 Å². The van der Waals surface area contributed by atoms with Gasteiger partial charge in [-0.2, -0.15) is 0 Å². The highest BCUT2D eigenvalue weighted by molar-refractivity contribution is 5.77. The Kier molecular flexibility index (Phi) is 5.73. The summed E-state index contributed by atoms with van der Waals surface area (Å²) in [7, 11) is 3.23. The zero-order valence-corrected chi connectivity index (χ0v) is 13.5. The summed E-state index contributed by atoms with van der Waals surface area (Å²) in [5.41, 5.74) is 0.800. The zero-order chi connectivity index (χ0) is 17.5. The van der Waals surface area contributed by atoms with E-state index in [0.717, 1.165) is 5.56 Å². The molecule has 126 valence electrons. The average molecular weight is 330 g/mol. The molecule has 2 rings (SSSR count). The highest BCUT2D eigenvalue weighted by atomic mass is 16.6. The number of carbonyl (C=O) groups excluding carboxylic acids is 1. The lowest BCUT2D eigenvalue weighted by Gasteiger charge is -2.19. The van der Waals surface area contributed by atoms with Crippen molar-refractivity contribution < 1.29 is 19.2 Å². The van der Waals surface area contributed by atoms with Crippen LogP contribution in [0.25, 0.3) is 0 Å². The second kappa shape index (κ2) is 7.96. The molecule has 0 unspecified atom stereocenters. The molecule has 0 spiro atoms. The van der Waals surface area contributed by atoms with Crippen LogP contribution in [0.3, 0.4) is 0 Å². The Labute approximate surface area is 139 Å². The third-order valence-electron chi connectivity index (χ3n) is 3.42. The lowest BCUT2D eigenvalue weighted by molar-refractivity contribution is -0.384. The SMILES string of the molecule is COc1ccccc1CN(C)C(=O)COc1cccc([N+](=O)[O-])c1. The van der Waals surface area contributed by atoms with Crippen molar-refractivity contribution in [3.63, 3.8) is 0 Å². The van der Waals surface area contributed by atoms with Gasteiger partial charge in [0.05, 0.1) is 18.1 Å². The number of benzene rings is 2. The van der Waals surface area contributed by atoms with Crippen LogP contribution in [0.1, 0.15) is 5.56 Å². The van der Waals surface area contributed by atoms with Crippen LogP contribution >= 0.6 is 0 Å². The normalized spacial score (nSPS) is 10.1.